The second-order valence-corrected chi connectivity index (χ2v) is 5.11. The Kier molecular flexibility index (Phi) is 5.92. The van der Waals surface area contributed by atoms with E-state index in [1.54, 1.807) is 4.90 Å². The highest BCUT2D eigenvalue weighted by Gasteiger charge is 2.30. The van der Waals surface area contributed by atoms with E-state index >= 15 is 0 Å². The molecule has 0 radical (unpaired) electrons. The Morgan fingerprint density at radius 1 is 1.47 bits per heavy atom. The summed E-state index contributed by atoms with van der Waals surface area (Å²) in [5.41, 5.74) is 5.97. The van der Waals surface area contributed by atoms with Crippen molar-refractivity contribution in [2.24, 2.45) is 17.6 Å². The SMILES string of the molecule is CCOCCN(C)C(=O)C1CCC(N)C(C)C1. The molecule has 1 aliphatic carbocycles. The maximum Gasteiger partial charge on any atom is 0.225 e. The molecule has 0 aromatic carbocycles. The number of carbonyl (C=O) groups excluding carboxylic acids is 1. The largest absolute Gasteiger partial charge is 0.380 e. The number of amides is 1. The van der Waals surface area contributed by atoms with Crippen molar-refractivity contribution in [2.45, 2.75) is 39.2 Å². The third kappa shape index (κ3) is 4.28. The van der Waals surface area contributed by atoms with Gasteiger partial charge in [-0.1, -0.05) is 6.92 Å². The van der Waals surface area contributed by atoms with E-state index in [1.165, 1.54) is 0 Å². The molecule has 0 aliphatic heterocycles. The molecule has 1 fully saturated rings. The molecule has 2 N–H and O–H groups in total. The van der Waals surface area contributed by atoms with Crippen LogP contribution in [0.4, 0.5) is 0 Å². The number of hydrogen-bond acceptors (Lipinski definition) is 3. The fourth-order valence-corrected chi connectivity index (χ4v) is 2.41. The first-order valence-electron chi connectivity index (χ1n) is 6.64. The maximum absolute atomic E-state index is 12.2. The van der Waals surface area contributed by atoms with E-state index in [9.17, 15) is 4.79 Å². The second-order valence-electron chi connectivity index (χ2n) is 5.11. The number of nitrogens with zero attached hydrogens (tertiary/aromatic N) is 1. The molecule has 0 saturated heterocycles. The van der Waals surface area contributed by atoms with Gasteiger partial charge >= 0.3 is 0 Å². The number of carbonyl (C=O) groups is 1. The van der Waals surface area contributed by atoms with E-state index < -0.39 is 0 Å². The van der Waals surface area contributed by atoms with Crippen LogP contribution in [0.15, 0.2) is 0 Å². The molecule has 1 rings (SSSR count). The average molecular weight is 242 g/mol. The van der Waals surface area contributed by atoms with Gasteiger partial charge < -0.3 is 15.4 Å². The summed E-state index contributed by atoms with van der Waals surface area (Å²) in [4.78, 5) is 14.0. The zero-order valence-electron chi connectivity index (χ0n) is 11.3. The fraction of sp³-hybridized carbons (Fsp3) is 0.923. The Morgan fingerprint density at radius 2 is 2.18 bits per heavy atom. The lowest BCUT2D eigenvalue weighted by Gasteiger charge is -2.33. The number of rotatable bonds is 5. The lowest BCUT2D eigenvalue weighted by Crippen LogP contribution is -2.42. The summed E-state index contributed by atoms with van der Waals surface area (Å²) in [5.74, 6) is 0.873. The van der Waals surface area contributed by atoms with Crippen molar-refractivity contribution in [3.05, 3.63) is 0 Å². The third-order valence-electron chi connectivity index (χ3n) is 3.74. The monoisotopic (exact) mass is 242 g/mol. The zero-order valence-corrected chi connectivity index (χ0v) is 11.3. The smallest absolute Gasteiger partial charge is 0.225 e. The molecular formula is C13H26N2O2. The zero-order chi connectivity index (χ0) is 12.8. The molecule has 4 nitrogen and oxygen atoms in total. The van der Waals surface area contributed by atoms with E-state index in [2.05, 4.69) is 6.92 Å². The van der Waals surface area contributed by atoms with E-state index in [0.29, 0.717) is 25.7 Å². The summed E-state index contributed by atoms with van der Waals surface area (Å²) in [6, 6.07) is 0.271. The van der Waals surface area contributed by atoms with Crippen LogP contribution in [-0.2, 0) is 9.53 Å². The first-order valence-corrected chi connectivity index (χ1v) is 6.64. The number of likely N-dealkylation sites (N-methyl/N-ethyl adjacent to an activating group) is 1. The number of ether oxygens (including phenoxy) is 1. The molecule has 0 aromatic rings. The van der Waals surface area contributed by atoms with Crippen molar-refractivity contribution in [3.8, 4) is 0 Å². The van der Waals surface area contributed by atoms with Crippen LogP contribution in [0.2, 0.25) is 0 Å². The minimum Gasteiger partial charge on any atom is -0.380 e. The highest BCUT2D eigenvalue weighted by Crippen LogP contribution is 2.29. The standard InChI is InChI=1S/C13H26N2O2/c1-4-17-8-7-15(3)13(16)11-5-6-12(14)10(2)9-11/h10-12H,4-9,14H2,1-3H3. The Balaban J connectivity index is 2.36. The van der Waals surface area contributed by atoms with Crippen LogP contribution in [0.1, 0.15) is 33.1 Å². The summed E-state index contributed by atoms with van der Waals surface area (Å²) < 4.78 is 5.27. The van der Waals surface area contributed by atoms with Gasteiger partial charge in [0, 0.05) is 32.2 Å². The Labute approximate surface area is 104 Å². The normalized spacial score (nSPS) is 29.1. The topological polar surface area (TPSA) is 55.6 Å². The molecule has 17 heavy (non-hydrogen) atoms. The van der Waals surface area contributed by atoms with Gasteiger partial charge in [-0.2, -0.15) is 0 Å². The van der Waals surface area contributed by atoms with Crippen molar-refractivity contribution in [3.63, 3.8) is 0 Å². The predicted octanol–water partition coefficient (Wildman–Crippen LogP) is 1.24. The van der Waals surface area contributed by atoms with E-state index in [0.717, 1.165) is 19.3 Å². The van der Waals surface area contributed by atoms with E-state index in [4.69, 9.17) is 10.5 Å². The van der Waals surface area contributed by atoms with Crippen molar-refractivity contribution in [2.75, 3.05) is 26.8 Å². The fourth-order valence-electron chi connectivity index (χ4n) is 2.41. The van der Waals surface area contributed by atoms with Crippen LogP contribution in [0.25, 0.3) is 0 Å². The molecule has 100 valence electrons. The van der Waals surface area contributed by atoms with Crippen LogP contribution in [0.3, 0.4) is 0 Å². The highest BCUT2D eigenvalue weighted by molar-refractivity contribution is 5.78. The van der Waals surface area contributed by atoms with Crippen LogP contribution < -0.4 is 5.73 Å². The number of hydrogen-bond donors (Lipinski definition) is 1. The molecule has 0 spiro atoms. The molecule has 0 heterocycles. The van der Waals surface area contributed by atoms with Crippen molar-refractivity contribution in [1.82, 2.24) is 4.90 Å². The van der Waals surface area contributed by atoms with Crippen molar-refractivity contribution in [1.29, 1.82) is 0 Å². The van der Waals surface area contributed by atoms with Crippen LogP contribution in [0.5, 0.6) is 0 Å². The molecule has 1 aliphatic rings. The Hall–Kier alpha value is -0.610. The summed E-state index contributed by atoms with van der Waals surface area (Å²) in [5, 5.41) is 0. The minimum absolute atomic E-state index is 0.163. The number of nitrogens with two attached hydrogens (primary N) is 1. The van der Waals surface area contributed by atoms with Gasteiger partial charge in [0.15, 0.2) is 0 Å². The summed E-state index contributed by atoms with van der Waals surface area (Å²) in [6.45, 7) is 6.12. The van der Waals surface area contributed by atoms with Gasteiger partial charge in [-0.3, -0.25) is 4.79 Å². The lowest BCUT2D eigenvalue weighted by atomic mass is 9.79. The van der Waals surface area contributed by atoms with E-state index in [1.807, 2.05) is 14.0 Å². The van der Waals surface area contributed by atoms with Crippen LogP contribution >= 0.6 is 0 Å². The molecular weight excluding hydrogens is 216 g/mol. The van der Waals surface area contributed by atoms with Gasteiger partial charge in [0.2, 0.25) is 5.91 Å². The Bertz CT molecular complexity index is 246. The van der Waals surface area contributed by atoms with E-state index in [-0.39, 0.29) is 17.9 Å². The highest BCUT2D eigenvalue weighted by atomic mass is 16.5. The quantitative estimate of drug-likeness (QED) is 0.738. The van der Waals surface area contributed by atoms with Gasteiger partial charge in [-0.15, -0.1) is 0 Å². The predicted molar refractivity (Wildman–Crippen MR) is 68.6 cm³/mol. The summed E-state index contributed by atoms with van der Waals surface area (Å²) >= 11 is 0. The molecule has 4 heteroatoms. The lowest BCUT2D eigenvalue weighted by molar-refractivity contribution is -0.136. The molecule has 3 unspecified atom stereocenters. The molecule has 1 saturated carbocycles. The third-order valence-corrected chi connectivity index (χ3v) is 3.74. The van der Waals surface area contributed by atoms with Gasteiger partial charge in [-0.05, 0) is 32.1 Å². The second kappa shape index (κ2) is 6.97. The summed E-state index contributed by atoms with van der Waals surface area (Å²) in [7, 11) is 1.86. The molecule has 0 bridgehead atoms. The molecule has 1 amide bonds. The van der Waals surface area contributed by atoms with Crippen molar-refractivity contribution < 1.29 is 9.53 Å². The molecule has 0 aromatic heterocycles. The van der Waals surface area contributed by atoms with Gasteiger partial charge in [0.25, 0.3) is 0 Å². The van der Waals surface area contributed by atoms with Crippen molar-refractivity contribution >= 4 is 5.91 Å². The maximum atomic E-state index is 12.2. The Morgan fingerprint density at radius 3 is 2.76 bits per heavy atom. The first kappa shape index (κ1) is 14.5. The van der Waals surface area contributed by atoms with Gasteiger partial charge in [0.05, 0.1) is 6.61 Å². The first-order chi connectivity index (χ1) is 8.06. The average Bonchev–Trinajstić information content (AvgIpc) is 2.32. The summed E-state index contributed by atoms with van der Waals surface area (Å²) in [6.07, 6.45) is 2.83. The van der Waals surface area contributed by atoms with Crippen LogP contribution in [-0.4, -0.2) is 43.7 Å². The van der Waals surface area contributed by atoms with Gasteiger partial charge in [0.1, 0.15) is 0 Å². The van der Waals surface area contributed by atoms with Gasteiger partial charge in [-0.25, -0.2) is 0 Å². The molecule has 3 atom stereocenters. The minimum atomic E-state index is 0.163. The van der Waals surface area contributed by atoms with Crippen LogP contribution in [0, 0.1) is 11.8 Å².